The molecule has 0 bridgehead atoms. The van der Waals surface area contributed by atoms with Crippen LogP contribution in [-0.2, 0) is 17.2 Å². The smallest absolute Gasteiger partial charge is 0.244 e. The average molecular weight is 462 g/mol. The summed E-state index contributed by atoms with van der Waals surface area (Å²) in [6.07, 6.45) is 1.80. The average Bonchev–Trinajstić information content (AvgIpc) is 3.18. The Bertz CT molecular complexity index is 1130. The molecule has 0 aromatic heterocycles. The van der Waals surface area contributed by atoms with Gasteiger partial charge in [0.05, 0.1) is 6.61 Å². The van der Waals surface area contributed by atoms with Crippen LogP contribution in [0, 0.1) is 0 Å². The van der Waals surface area contributed by atoms with Crippen molar-refractivity contribution in [2.24, 2.45) is 4.99 Å². The van der Waals surface area contributed by atoms with E-state index in [-0.39, 0.29) is 5.12 Å². The fourth-order valence-corrected chi connectivity index (χ4v) is 4.86. The molecule has 0 spiro atoms. The molecular weight excluding hydrogens is 438 g/mol. The van der Waals surface area contributed by atoms with Crippen LogP contribution in [0.15, 0.2) is 89.6 Å². The lowest BCUT2D eigenvalue weighted by Gasteiger charge is -2.13. The van der Waals surface area contributed by atoms with Gasteiger partial charge in [-0.1, -0.05) is 78.5 Å². The van der Waals surface area contributed by atoms with E-state index in [0.717, 1.165) is 21.3 Å². The van der Waals surface area contributed by atoms with Gasteiger partial charge < -0.3 is 9.47 Å². The highest BCUT2D eigenvalue weighted by Gasteiger charge is 2.22. The standard InChI is InChI=1S/C26H23NO3S2/c1-2-29-24-16-21(13-14-23(24)30-17-19-9-5-3-6-10-19)15-22-25(28)32-26(27-22)31-18-20-11-7-4-8-12-20/h3-16H,2,17-18H2,1H3. The van der Waals surface area contributed by atoms with Crippen LogP contribution in [0.5, 0.6) is 11.5 Å². The van der Waals surface area contributed by atoms with E-state index in [1.165, 1.54) is 17.3 Å². The summed E-state index contributed by atoms with van der Waals surface area (Å²) in [5.74, 6) is 2.11. The Morgan fingerprint density at radius 2 is 1.62 bits per heavy atom. The summed E-state index contributed by atoms with van der Waals surface area (Å²) >= 11 is 2.77. The molecule has 0 atom stereocenters. The molecule has 0 saturated carbocycles. The van der Waals surface area contributed by atoms with Gasteiger partial charge in [0.2, 0.25) is 5.12 Å². The molecule has 0 saturated heterocycles. The molecule has 4 rings (SSSR count). The highest BCUT2D eigenvalue weighted by atomic mass is 32.2. The van der Waals surface area contributed by atoms with Gasteiger partial charge in [-0.15, -0.1) is 0 Å². The first kappa shape index (κ1) is 22.2. The highest BCUT2D eigenvalue weighted by molar-refractivity contribution is 8.45. The molecule has 1 aliphatic rings. The van der Waals surface area contributed by atoms with Crippen LogP contribution in [0.4, 0.5) is 0 Å². The molecule has 0 unspecified atom stereocenters. The molecule has 32 heavy (non-hydrogen) atoms. The molecule has 4 nitrogen and oxygen atoms in total. The van der Waals surface area contributed by atoms with E-state index in [1.807, 2.05) is 73.7 Å². The maximum atomic E-state index is 12.4. The first-order valence-electron chi connectivity index (χ1n) is 10.3. The second-order valence-electron chi connectivity index (χ2n) is 6.98. The second-order valence-corrected chi connectivity index (χ2v) is 9.17. The number of ether oxygens (including phenoxy) is 2. The largest absolute Gasteiger partial charge is 0.490 e. The summed E-state index contributed by atoms with van der Waals surface area (Å²) in [4.78, 5) is 17.0. The van der Waals surface area contributed by atoms with Crippen LogP contribution >= 0.6 is 23.5 Å². The summed E-state index contributed by atoms with van der Waals surface area (Å²) in [5.41, 5.74) is 3.59. The van der Waals surface area contributed by atoms with Crippen molar-refractivity contribution in [3.8, 4) is 11.5 Å². The number of thioether (sulfide) groups is 2. The topological polar surface area (TPSA) is 47.9 Å². The molecule has 0 aliphatic carbocycles. The summed E-state index contributed by atoms with van der Waals surface area (Å²) in [6, 6.07) is 25.8. The van der Waals surface area contributed by atoms with Crippen LogP contribution < -0.4 is 9.47 Å². The lowest BCUT2D eigenvalue weighted by atomic mass is 10.1. The zero-order valence-corrected chi connectivity index (χ0v) is 19.3. The van der Waals surface area contributed by atoms with Crippen LogP contribution in [-0.4, -0.2) is 16.1 Å². The predicted molar refractivity (Wildman–Crippen MR) is 134 cm³/mol. The highest BCUT2D eigenvalue weighted by Crippen LogP contribution is 2.34. The van der Waals surface area contributed by atoms with Gasteiger partial charge in [-0.3, -0.25) is 4.79 Å². The van der Waals surface area contributed by atoms with E-state index in [2.05, 4.69) is 17.1 Å². The number of benzene rings is 3. The minimum absolute atomic E-state index is 0.0390. The fourth-order valence-electron chi connectivity index (χ4n) is 3.07. The van der Waals surface area contributed by atoms with E-state index >= 15 is 0 Å². The molecule has 1 aliphatic heterocycles. The lowest BCUT2D eigenvalue weighted by molar-refractivity contribution is -0.107. The molecule has 0 radical (unpaired) electrons. The van der Waals surface area contributed by atoms with Gasteiger partial charge >= 0.3 is 0 Å². The summed E-state index contributed by atoms with van der Waals surface area (Å²) in [6.45, 7) is 2.92. The molecule has 3 aromatic carbocycles. The first-order chi connectivity index (χ1) is 15.7. The Balaban J connectivity index is 1.46. The molecule has 6 heteroatoms. The summed E-state index contributed by atoms with van der Waals surface area (Å²) < 4.78 is 12.5. The van der Waals surface area contributed by atoms with Crippen molar-refractivity contribution >= 4 is 39.1 Å². The maximum Gasteiger partial charge on any atom is 0.244 e. The number of hydrogen-bond donors (Lipinski definition) is 0. The van der Waals surface area contributed by atoms with E-state index in [0.29, 0.717) is 30.4 Å². The Kier molecular flexibility index (Phi) is 7.69. The van der Waals surface area contributed by atoms with E-state index in [4.69, 9.17) is 9.47 Å². The molecule has 0 amide bonds. The van der Waals surface area contributed by atoms with Crippen LogP contribution in [0.2, 0.25) is 0 Å². The number of aliphatic imine (C=N–C) groups is 1. The molecule has 0 fully saturated rings. The van der Waals surface area contributed by atoms with Crippen molar-refractivity contribution < 1.29 is 14.3 Å². The number of hydrogen-bond acceptors (Lipinski definition) is 6. The van der Waals surface area contributed by atoms with Crippen LogP contribution in [0.1, 0.15) is 23.6 Å². The monoisotopic (exact) mass is 461 g/mol. The summed E-state index contributed by atoms with van der Waals surface area (Å²) in [5, 5.41) is -0.0390. The maximum absolute atomic E-state index is 12.4. The fraction of sp³-hybridized carbons (Fsp3) is 0.154. The van der Waals surface area contributed by atoms with Crippen molar-refractivity contribution in [3.63, 3.8) is 0 Å². The van der Waals surface area contributed by atoms with Crippen molar-refractivity contribution in [1.29, 1.82) is 0 Å². The third-order valence-electron chi connectivity index (χ3n) is 4.61. The number of carbonyl (C=O) groups excluding carboxylic acids is 1. The Morgan fingerprint density at radius 3 is 2.34 bits per heavy atom. The zero-order chi connectivity index (χ0) is 22.2. The van der Waals surface area contributed by atoms with Gasteiger partial charge in [0.1, 0.15) is 16.7 Å². The summed E-state index contributed by atoms with van der Waals surface area (Å²) in [7, 11) is 0. The number of nitrogens with zero attached hydrogens (tertiary/aromatic N) is 1. The first-order valence-corrected chi connectivity index (χ1v) is 12.1. The quantitative estimate of drug-likeness (QED) is 0.355. The Morgan fingerprint density at radius 1 is 0.906 bits per heavy atom. The van der Waals surface area contributed by atoms with E-state index < -0.39 is 0 Å². The normalized spacial score (nSPS) is 14.5. The van der Waals surface area contributed by atoms with E-state index in [9.17, 15) is 4.79 Å². The van der Waals surface area contributed by atoms with E-state index in [1.54, 1.807) is 17.8 Å². The van der Waals surface area contributed by atoms with Crippen LogP contribution in [0.25, 0.3) is 6.08 Å². The van der Waals surface area contributed by atoms with Gasteiger partial charge in [-0.25, -0.2) is 4.99 Å². The molecule has 162 valence electrons. The third kappa shape index (κ3) is 6.05. The molecule has 0 N–H and O–H groups in total. The lowest BCUT2D eigenvalue weighted by Crippen LogP contribution is -2.00. The van der Waals surface area contributed by atoms with Gasteiger partial charge in [-0.2, -0.15) is 0 Å². The van der Waals surface area contributed by atoms with Crippen molar-refractivity contribution in [1.82, 2.24) is 0 Å². The zero-order valence-electron chi connectivity index (χ0n) is 17.7. The van der Waals surface area contributed by atoms with Crippen molar-refractivity contribution in [2.75, 3.05) is 6.61 Å². The number of rotatable bonds is 8. The van der Waals surface area contributed by atoms with Gasteiger partial charge in [0, 0.05) is 5.75 Å². The van der Waals surface area contributed by atoms with Crippen LogP contribution in [0.3, 0.4) is 0 Å². The van der Waals surface area contributed by atoms with Crippen molar-refractivity contribution in [2.45, 2.75) is 19.3 Å². The third-order valence-corrected chi connectivity index (χ3v) is 6.69. The minimum atomic E-state index is -0.0390. The Hall–Kier alpha value is -2.96. The molecule has 3 aromatic rings. The minimum Gasteiger partial charge on any atom is -0.490 e. The SMILES string of the molecule is CCOc1cc(C=C2N=C(SCc3ccccc3)SC2=O)ccc1OCc1ccccc1. The van der Waals surface area contributed by atoms with Crippen molar-refractivity contribution in [3.05, 3.63) is 101 Å². The van der Waals surface area contributed by atoms with Gasteiger partial charge in [0.25, 0.3) is 0 Å². The molecule has 1 heterocycles. The van der Waals surface area contributed by atoms with Gasteiger partial charge in [0.15, 0.2) is 11.5 Å². The second kappa shape index (κ2) is 11.1. The predicted octanol–water partition coefficient (Wildman–Crippen LogP) is 6.57. The molecular formula is C26H23NO3S2. The Labute approximate surface area is 196 Å². The van der Waals surface area contributed by atoms with Gasteiger partial charge in [-0.05, 0) is 53.6 Å². The number of carbonyl (C=O) groups is 1.